The lowest BCUT2D eigenvalue weighted by Crippen LogP contribution is -1.94. The minimum absolute atomic E-state index is 0.154. The van der Waals surface area contributed by atoms with E-state index in [4.69, 9.17) is 4.98 Å². The Morgan fingerprint density at radius 2 is 1.00 bits per heavy atom. The van der Waals surface area contributed by atoms with Crippen LogP contribution in [-0.4, -0.2) is 4.98 Å². The zero-order valence-corrected chi connectivity index (χ0v) is 17.3. The summed E-state index contributed by atoms with van der Waals surface area (Å²) in [5.41, 5.74) is 4.43. The van der Waals surface area contributed by atoms with Crippen molar-refractivity contribution in [1.82, 2.24) is 4.98 Å². The van der Waals surface area contributed by atoms with Crippen molar-refractivity contribution in [3.8, 4) is 45.8 Å². The smallest absolute Gasteiger partial charge is 0.158 e. The Bertz CT molecular complexity index is 1170. The molecule has 0 bridgehead atoms. The lowest BCUT2D eigenvalue weighted by atomic mass is 9.97. The zero-order valence-electron chi connectivity index (χ0n) is 17.3. The van der Waals surface area contributed by atoms with Crippen molar-refractivity contribution >= 4 is 0 Å². The Balaban J connectivity index is 0.00000132. The Morgan fingerprint density at radius 1 is 0.613 bits per heavy atom. The van der Waals surface area contributed by atoms with Gasteiger partial charge >= 0.3 is 0 Å². The van der Waals surface area contributed by atoms with Gasteiger partial charge < -0.3 is 0 Å². The number of hydrogen-bond acceptors (Lipinski definition) is 3. The van der Waals surface area contributed by atoms with E-state index in [1.165, 1.54) is 12.1 Å². The number of aromatic nitrogens is 1. The molecule has 0 aliphatic carbocycles. The molecule has 31 heavy (non-hydrogen) atoms. The van der Waals surface area contributed by atoms with Crippen LogP contribution in [0.3, 0.4) is 0 Å². The first-order valence-corrected chi connectivity index (χ1v) is 9.96. The van der Waals surface area contributed by atoms with E-state index in [2.05, 4.69) is 0 Å². The minimum Gasteiger partial charge on any atom is -0.248 e. The Hall–Kier alpha value is -4.28. The first-order chi connectivity index (χ1) is 15.2. The molecule has 150 valence electrons. The molecule has 0 fully saturated rings. The molecule has 1 aromatic heterocycles. The highest BCUT2D eigenvalue weighted by atomic mass is 19.1. The van der Waals surface area contributed by atoms with E-state index in [0.717, 1.165) is 28.1 Å². The van der Waals surface area contributed by atoms with E-state index in [-0.39, 0.29) is 11.1 Å². The normalized spacial score (nSPS) is 9.71. The standard InChI is InChI=1S/C25H14FN3.C2H6/c26-25-21(15-27)11-19(12-22(25)16-28)20-13-23(17-7-3-1-4-8-17)29-24(14-20)18-9-5-2-6-10-18;1-2/h1-14H;1-2H3. The van der Waals surface area contributed by atoms with E-state index in [0.29, 0.717) is 5.56 Å². The molecule has 0 spiro atoms. The van der Waals surface area contributed by atoms with Gasteiger partial charge in [0, 0.05) is 11.1 Å². The van der Waals surface area contributed by atoms with Crippen LogP contribution >= 0.6 is 0 Å². The third-order valence-electron chi connectivity index (χ3n) is 4.61. The molecule has 0 radical (unpaired) electrons. The fraction of sp³-hybridized carbons (Fsp3) is 0.0741. The molecule has 0 aliphatic heterocycles. The number of halogens is 1. The number of pyridine rings is 1. The van der Waals surface area contributed by atoms with E-state index in [9.17, 15) is 14.9 Å². The van der Waals surface area contributed by atoms with Gasteiger partial charge in [-0.3, -0.25) is 0 Å². The Kier molecular flexibility index (Phi) is 6.89. The summed E-state index contributed by atoms with van der Waals surface area (Å²) in [4.78, 5) is 4.80. The van der Waals surface area contributed by atoms with E-state index in [1.54, 1.807) is 0 Å². The second-order valence-corrected chi connectivity index (χ2v) is 6.47. The maximum absolute atomic E-state index is 14.2. The van der Waals surface area contributed by atoms with Crippen LogP contribution < -0.4 is 0 Å². The van der Waals surface area contributed by atoms with Gasteiger partial charge in [-0.1, -0.05) is 74.5 Å². The van der Waals surface area contributed by atoms with Gasteiger partial charge in [-0.2, -0.15) is 10.5 Å². The van der Waals surface area contributed by atoms with Crippen LogP contribution in [0.25, 0.3) is 33.6 Å². The Labute approximate surface area is 181 Å². The number of nitriles is 2. The van der Waals surface area contributed by atoms with Crippen molar-refractivity contribution in [2.75, 3.05) is 0 Å². The predicted octanol–water partition coefficient (Wildman–Crippen LogP) is 6.99. The van der Waals surface area contributed by atoms with Gasteiger partial charge in [-0.05, 0) is 35.4 Å². The first-order valence-electron chi connectivity index (χ1n) is 9.96. The topological polar surface area (TPSA) is 60.5 Å². The lowest BCUT2D eigenvalue weighted by molar-refractivity contribution is 0.620. The fourth-order valence-corrected chi connectivity index (χ4v) is 3.16. The number of nitrogens with zero attached hydrogens (tertiary/aromatic N) is 3. The summed E-state index contributed by atoms with van der Waals surface area (Å²) in [5.74, 6) is -0.792. The molecule has 0 saturated heterocycles. The number of hydrogen-bond donors (Lipinski definition) is 0. The molecular formula is C27H20FN3. The molecule has 4 aromatic rings. The lowest BCUT2D eigenvalue weighted by Gasteiger charge is -2.11. The number of benzene rings is 3. The quantitative estimate of drug-likeness (QED) is 0.369. The third kappa shape index (κ3) is 4.66. The molecule has 4 heteroatoms. The highest BCUT2D eigenvalue weighted by Gasteiger charge is 2.14. The van der Waals surface area contributed by atoms with Crippen LogP contribution in [-0.2, 0) is 0 Å². The zero-order chi connectivity index (χ0) is 22.2. The highest BCUT2D eigenvalue weighted by Crippen LogP contribution is 2.31. The summed E-state index contributed by atoms with van der Waals surface area (Å²) in [6.07, 6.45) is 0. The summed E-state index contributed by atoms with van der Waals surface area (Å²) < 4.78 is 14.2. The van der Waals surface area contributed by atoms with Crippen molar-refractivity contribution in [2.24, 2.45) is 0 Å². The maximum atomic E-state index is 14.2. The molecule has 4 rings (SSSR count). The molecule has 0 N–H and O–H groups in total. The molecule has 0 atom stereocenters. The monoisotopic (exact) mass is 405 g/mol. The van der Waals surface area contributed by atoms with Gasteiger partial charge in [-0.25, -0.2) is 9.37 Å². The van der Waals surface area contributed by atoms with Gasteiger partial charge in [-0.15, -0.1) is 0 Å². The van der Waals surface area contributed by atoms with Gasteiger partial charge in [0.05, 0.1) is 22.5 Å². The average molecular weight is 405 g/mol. The summed E-state index contributed by atoms with van der Waals surface area (Å²) in [5, 5.41) is 18.5. The second-order valence-electron chi connectivity index (χ2n) is 6.47. The van der Waals surface area contributed by atoms with Gasteiger partial charge in [0.15, 0.2) is 5.82 Å². The van der Waals surface area contributed by atoms with Crippen LogP contribution in [0.2, 0.25) is 0 Å². The van der Waals surface area contributed by atoms with Crippen molar-refractivity contribution in [1.29, 1.82) is 10.5 Å². The van der Waals surface area contributed by atoms with Crippen LogP contribution in [0.15, 0.2) is 84.9 Å². The molecule has 0 saturated carbocycles. The minimum atomic E-state index is -0.792. The summed E-state index contributed by atoms with van der Waals surface area (Å²) in [7, 11) is 0. The molecule has 0 unspecified atom stereocenters. The average Bonchev–Trinajstić information content (AvgIpc) is 2.86. The van der Waals surface area contributed by atoms with Gasteiger partial charge in [0.1, 0.15) is 12.1 Å². The fourth-order valence-electron chi connectivity index (χ4n) is 3.16. The third-order valence-corrected chi connectivity index (χ3v) is 4.61. The van der Waals surface area contributed by atoms with Gasteiger partial charge in [0.25, 0.3) is 0 Å². The van der Waals surface area contributed by atoms with E-state index in [1.807, 2.05) is 98.8 Å². The number of rotatable bonds is 3. The predicted molar refractivity (Wildman–Crippen MR) is 121 cm³/mol. The van der Waals surface area contributed by atoms with Crippen molar-refractivity contribution < 1.29 is 4.39 Å². The molecule has 0 aliphatic rings. The molecule has 0 amide bonds. The first kappa shape index (κ1) is 21.4. The summed E-state index contributed by atoms with van der Waals surface area (Å²) >= 11 is 0. The van der Waals surface area contributed by atoms with E-state index < -0.39 is 5.82 Å². The summed E-state index contributed by atoms with van der Waals surface area (Å²) in [6, 6.07) is 29.8. The SMILES string of the molecule is CC.N#Cc1cc(-c2cc(-c3ccccc3)nc(-c3ccccc3)c2)cc(C#N)c1F. The van der Waals surface area contributed by atoms with Crippen molar-refractivity contribution in [2.45, 2.75) is 13.8 Å². The highest BCUT2D eigenvalue weighted by molar-refractivity contribution is 5.77. The van der Waals surface area contributed by atoms with Crippen LogP contribution in [0.1, 0.15) is 25.0 Å². The second kappa shape index (κ2) is 9.96. The molecule has 3 aromatic carbocycles. The largest absolute Gasteiger partial charge is 0.248 e. The molecule has 3 nitrogen and oxygen atoms in total. The Morgan fingerprint density at radius 3 is 1.39 bits per heavy atom. The van der Waals surface area contributed by atoms with Crippen LogP contribution in [0.4, 0.5) is 4.39 Å². The molecule has 1 heterocycles. The summed E-state index contributed by atoms with van der Waals surface area (Å²) in [6.45, 7) is 4.00. The van der Waals surface area contributed by atoms with Crippen molar-refractivity contribution in [3.05, 3.63) is 102 Å². The van der Waals surface area contributed by atoms with Crippen molar-refractivity contribution in [3.63, 3.8) is 0 Å². The van der Waals surface area contributed by atoms with Crippen LogP contribution in [0, 0.1) is 28.5 Å². The van der Waals surface area contributed by atoms with Gasteiger partial charge in [0.2, 0.25) is 0 Å². The molecular weight excluding hydrogens is 385 g/mol. The van der Waals surface area contributed by atoms with Crippen LogP contribution in [0.5, 0.6) is 0 Å². The maximum Gasteiger partial charge on any atom is 0.158 e. The van der Waals surface area contributed by atoms with E-state index >= 15 is 0 Å².